The second kappa shape index (κ2) is 9.89. The Kier molecular flexibility index (Phi) is 6.82. The van der Waals surface area contributed by atoms with Crippen molar-refractivity contribution < 1.29 is 39.6 Å². The summed E-state index contributed by atoms with van der Waals surface area (Å²) >= 11 is 0. The summed E-state index contributed by atoms with van der Waals surface area (Å²) in [6.45, 7) is 0.287. The molecule has 0 atom stereocenters. The third kappa shape index (κ3) is 5.79. The molecule has 8 nitrogen and oxygen atoms in total. The van der Waals surface area contributed by atoms with Gasteiger partial charge in [-0.25, -0.2) is 22.6 Å². The third-order valence-electron chi connectivity index (χ3n) is 6.18. The van der Waals surface area contributed by atoms with Crippen LogP contribution in [-0.2, 0) is 22.4 Å². The monoisotopic (exact) mass is 583 g/mol. The van der Waals surface area contributed by atoms with E-state index < -0.39 is 45.2 Å². The number of fused-ring (bicyclic) bond motifs is 1. The van der Waals surface area contributed by atoms with Gasteiger partial charge < -0.3 is 5.32 Å². The lowest BCUT2D eigenvalue weighted by Gasteiger charge is -2.12. The minimum Gasteiger partial charge on any atom is -0.322 e. The Morgan fingerprint density at radius 3 is 2.30 bits per heavy atom. The maximum Gasteiger partial charge on any atom is 0.433 e. The molecule has 40 heavy (non-hydrogen) atoms. The van der Waals surface area contributed by atoms with Gasteiger partial charge in [0, 0.05) is 17.8 Å². The van der Waals surface area contributed by atoms with Gasteiger partial charge in [-0.3, -0.25) is 4.79 Å². The zero-order chi connectivity index (χ0) is 28.9. The van der Waals surface area contributed by atoms with Crippen LogP contribution in [0.25, 0.3) is 16.9 Å². The zero-order valence-corrected chi connectivity index (χ0v) is 21.0. The van der Waals surface area contributed by atoms with Crippen molar-refractivity contribution in [3.05, 3.63) is 77.6 Å². The van der Waals surface area contributed by atoms with Crippen molar-refractivity contribution in [3.8, 4) is 11.3 Å². The standard InChI is InChI=1S/C25H19F6N5O3S/c26-24(27,28)16-8-6-15(7-9-16)20-11-21(25(29,30)31)36-22(35-20)19(13-32-36)23(37)34-17-2-1-3-18(10-17)40(38,39)33-12-14-4-5-14/h1-3,6-11,13-14,33H,4-5,12H2,(H,34,37). The van der Waals surface area contributed by atoms with Crippen LogP contribution in [0.4, 0.5) is 32.0 Å². The van der Waals surface area contributed by atoms with Crippen molar-refractivity contribution in [1.29, 1.82) is 0 Å². The number of carbonyl (C=O) groups excluding carboxylic acids is 1. The quantitative estimate of drug-likeness (QED) is 0.285. The normalized spacial score (nSPS) is 14.4. The third-order valence-corrected chi connectivity index (χ3v) is 7.60. The van der Waals surface area contributed by atoms with Crippen molar-refractivity contribution >= 4 is 27.3 Å². The number of hydrogen-bond donors (Lipinski definition) is 2. The van der Waals surface area contributed by atoms with Gasteiger partial charge in [0.1, 0.15) is 5.56 Å². The van der Waals surface area contributed by atoms with Crippen LogP contribution in [-0.4, -0.2) is 35.5 Å². The second-order valence-electron chi connectivity index (χ2n) is 9.17. The summed E-state index contributed by atoms with van der Waals surface area (Å²) in [5.41, 5.74) is -3.51. The number of alkyl halides is 6. The van der Waals surface area contributed by atoms with Crippen molar-refractivity contribution in [1.82, 2.24) is 19.3 Å². The molecule has 1 amide bonds. The molecule has 0 spiro atoms. The fraction of sp³-hybridized carbons (Fsp3) is 0.240. The number of rotatable bonds is 7. The highest BCUT2D eigenvalue weighted by Crippen LogP contribution is 2.35. The van der Waals surface area contributed by atoms with E-state index in [4.69, 9.17) is 0 Å². The van der Waals surface area contributed by atoms with Crippen molar-refractivity contribution in [3.63, 3.8) is 0 Å². The molecule has 2 N–H and O–H groups in total. The topological polar surface area (TPSA) is 105 Å². The maximum atomic E-state index is 13.9. The molecule has 1 saturated carbocycles. The summed E-state index contributed by atoms with van der Waals surface area (Å²) in [5.74, 6) is -0.643. The van der Waals surface area contributed by atoms with E-state index >= 15 is 0 Å². The van der Waals surface area contributed by atoms with E-state index in [0.29, 0.717) is 22.7 Å². The summed E-state index contributed by atoms with van der Waals surface area (Å²) in [6, 6.07) is 9.29. The fourth-order valence-corrected chi connectivity index (χ4v) is 5.04. The molecule has 1 aliphatic carbocycles. The van der Waals surface area contributed by atoms with E-state index in [9.17, 15) is 39.6 Å². The van der Waals surface area contributed by atoms with Crippen molar-refractivity contribution in [2.24, 2.45) is 5.92 Å². The molecule has 0 bridgehead atoms. The lowest BCUT2D eigenvalue weighted by molar-refractivity contribution is -0.142. The Morgan fingerprint density at radius 2 is 1.68 bits per heavy atom. The van der Waals surface area contributed by atoms with Gasteiger partial charge in [-0.15, -0.1) is 0 Å². The average molecular weight is 584 g/mol. The van der Waals surface area contributed by atoms with Crippen LogP contribution in [0.2, 0.25) is 0 Å². The predicted octanol–water partition coefficient (Wildman–Crippen LogP) is 5.37. The minimum atomic E-state index is -4.95. The Labute approximate surface area is 223 Å². The van der Waals surface area contributed by atoms with Gasteiger partial charge in [0.25, 0.3) is 5.91 Å². The number of anilines is 1. The van der Waals surface area contributed by atoms with Crippen LogP contribution >= 0.6 is 0 Å². The van der Waals surface area contributed by atoms with Crippen LogP contribution in [0.5, 0.6) is 0 Å². The molecule has 0 aliphatic heterocycles. The Bertz CT molecular complexity index is 1690. The maximum absolute atomic E-state index is 13.9. The van der Waals surface area contributed by atoms with E-state index in [0.717, 1.165) is 31.2 Å². The largest absolute Gasteiger partial charge is 0.433 e. The lowest BCUT2D eigenvalue weighted by atomic mass is 10.1. The molecule has 0 saturated heterocycles. The van der Waals surface area contributed by atoms with E-state index in [1.54, 1.807) is 0 Å². The second-order valence-corrected chi connectivity index (χ2v) is 10.9. The summed E-state index contributed by atoms with van der Waals surface area (Å²) < 4.78 is 108. The van der Waals surface area contributed by atoms with Gasteiger partial charge in [-0.2, -0.15) is 31.4 Å². The molecule has 210 valence electrons. The summed E-state index contributed by atoms with van der Waals surface area (Å²) in [4.78, 5) is 17.0. The molecule has 2 heterocycles. The number of amides is 1. The summed E-state index contributed by atoms with van der Waals surface area (Å²) in [7, 11) is -3.86. The number of nitrogens with zero attached hydrogens (tertiary/aromatic N) is 3. The number of sulfonamides is 1. The van der Waals surface area contributed by atoms with E-state index in [1.165, 1.54) is 24.3 Å². The van der Waals surface area contributed by atoms with Gasteiger partial charge in [0.05, 0.1) is 22.3 Å². The molecule has 2 aromatic carbocycles. The molecule has 1 aliphatic rings. The first kappa shape index (κ1) is 27.6. The number of halogens is 6. The number of aromatic nitrogens is 3. The first-order valence-corrected chi connectivity index (χ1v) is 13.3. The summed E-state index contributed by atoms with van der Waals surface area (Å²) in [5, 5.41) is 6.09. The number of benzene rings is 2. The molecule has 0 unspecified atom stereocenters. The Morgan fingerprint density at radius 1 is 0.975 bits per heavy atom. The Balaban J connectivity index is 1.48. The van der Waals surface area contributed by atoms with Gasteiger partial charge in [-0.1, -0.05) is 18.2 Å². The highest BCUT2D eigenvalue weighted by molar-refractivity contribution is 7.89. The first-order chi connectivity index (χ1) is 18.7. The summed E-state index contributed by atoms with van der Waals surface area (Å²) in [6.07, 6.45) is -6.86. The Hall–Kier alpha value is -3.98. The molecule has 15 heteroatoms. The predicted molar refractivity (Wildman–Crippen MR) is 131 cm³/mol. The van der Waals surface area contributed by atoms with E-state index in [2.05, 4.69) is 20.1 Å². The average Bonchev–Trinajstić information content (AvgIpc) is 3.63. The molecule has 4 aromatic rings. The van der Waals surface area contributed by atoms with Crippen LogP contribution < -0.4 is 10.0 Å². The molecule has 2 aromatic heterocycles. The lowest BCUT2D eigenvalue weighted by Crippen LogP contribution is -2.26. The van der Waals surface area contributed by atoms with E-state index in [1.807, 2.05) is 0 Å². The first-order valence-electron chi connectivity index (χ1n) is 11.8. The molecule has 5 rings (SSSR count). The van der Waals surface area contributed by atoms with Crippen LogP contribution in [0.1, 0.15) is 34.5 Å². The van der Waals surface area contributed by atoms with Crippen molar-refractivity contribution in [2.45, 2.75) is 30.1 Å². The van der Waals surface area contributed by atoms with Gasteiger partial charge in [0.15, 0.2) is 11.3 Å². The van der Waals surface area contributed by atoms with Gasteiger partial charge in [-0.05, 0) is 55.2 Å². The number of carbonyl (C=O) groups is 1. The fourth-order valence-electron chi connectivity index (χ4n) is 3.88. The number of nitrogens with one attached hydrogen (secondary N) is 2. The molecular formula is C25H19F6N5O3S. The smallest absolute Gasteiger partial charge is 0.322 e. The van der Waals surface area contributed by atoms with Crippen LogP contribution in [0.15, 0.2) is 65.7 Å². The van der Waals surface area contributed by atoms with Crippen molar-refractivity contribution in [2.75, 3.05) is 11.9 Å². The highest BCUT2D eigenvalue weighted by atomic mass is 32.2. The minimum absolute atomic E-state index is 0.0496. The van der Waals surface area contributed by atoms with Gasteiger partial charge >= 0.3 is 12.4 Å². The van der Waals surface area contributed by atoms with Gasteiger partial charge in [0.2, 0.25) is 10.0 Å². The number of hydrogen-bond acceptors (Lipinski definition) is 5. The zero-order valence-electron chi connectivity index (χ0n) is 20.2. The SMILES string of the molecule is O=C(Nc1cccc(S(=O)(=O)NCC2CC2)c1)c1cnn2c(C(F)(F)F)cc(-c3ccc(C(F)(F)F)cc3)nc12. The molecule has 1 fully saturated rings. The van der Waals surface area contributed by atoms with Crippen LogP contribution in [0, 0.1) is 5.92 Å². The molecule has 0 radical (unpaired) electrons. The highest BCUT2D eigenvalue weighted by Gasteiger charge is 2.36. The van der Waals surface area contributed by atoms with Crippen LogP contribution in [0.3, 0.4) is 0 Å². The molecular weight excluding hydrogens is 564 g/mol. The van der Waals surface area contributed by atoms with E-state index in [-0.39, 0.29) is 39.9 Å².